The molecule has 0 spiro atoms. The number of rotatable bonds is 1. The zero-order valence-electron chi connectivity index (χ0n) is 8.60. The van der Waals surface area contributed by atoms with Crippen molar-refractivity contribution in [3.63, 3.8) is 0 Å². The SMILES string of the molecule is Cc1cc2occc2c(F)c1C(C)C. The molecule has 0 N–H and O–H groups in total. The first-order valence-electron chi connectivity index (χ1n) is 4.77. The Morgan fingerprint density at radius 3 is 2.71 bits per heavy atom. The summed E-state index contributed by atoms with van der Waals surface area (Å²) in [5.41, 5.74) is 2.38. The van der Waals surface area contributed by atoms with Crippen LogP contribution in [0.25, 0.3) is 11.0 Å². The number of benzene rings is 1. The molecule has 0 aliphatic carbocycles. The lowest BCUT2D eigenvalue weighted by Gasteiger charge is -2.11. The molecule has 0 aliphatic rings. The van der Waals surface area contributed by atoms with E-state index in [1.54, 1.807) is 6.07 Å². The lowest BCUT2D eigenvalue weighted by atomic mass is 9.96. The van der Waals surface area contributed by atoms with Crippen LogP contribution in [0.5, 0.6) is 0 Å². The van der Waals surface area contributed by atoms with Crippen molar-refractivity contribution in [1.29, 1.82) is 0 Å². The molecule has 2 heteroatoms. The molecule has 2 aromatic rings. The quantitative estimate of drug-likeness (QED) is 0.665. The predicted molar refractivity (Wildman–Crippen MR) is 55.0 cm³/mol. The lowest BCUT2D eigenvalue weighted by molar-refractivity contribution is 0.596. The zero-order valence-corrected chi connectivity index (χ0v) is 8.60. The van der Waals surface area contributed by atoms with Crippen LogP contribution in [0, 0.1) is 12.7 Å². The highest BCUT2D eigenvalue weighted by Crippen LogP contribution is 2.29. The first kappa shape index (κ1) is 9.25. The van der Waals surface area contributed by atoms with Gasteiger partial charge in [-0.1, -0.05) is 13.8 Å². The number of aryl methyl sites for hydroxylation is 1. The van der Waals surface area contributed by atoms with Crippen molar-refractivity contribution in [3.05, 3.63) is 35.3 Å². The molecule has 14 heavy (non-hydrogen) atoms. The molecular weight excluding hydrogens is 179 g/mol. The third-order valence-corrected chi connectivity index (χ3v) is 2.52. The highest BCUT2D eigenvalue weighted by molar-refractivity contribution is 5.80. The fourth-order valence-electron chi connectivity index (χ4n) is 1.92. The monoisotopic (exact) mass is 192 g/mol. The van der Waals surface area contributed by atoms with E-state index in [0.717, 1.165) is 11.1 Å². The van der Waals surface area contributed by atoms with E-state index in [4.69, 9.17) is 4.42 Å². The molecule has 1 aromatic heterocycles. The van der Waals surface area contributed by atoms with E-state index in [-0.39, 0.29) is 11.7 Å². The summed E-state index contributed by atoms with van der Waals surface area (Å²) >= 11 is 0. The highest BCUT2D eigenvalue weighted by atomic mass is 19.1. The summed E-state index contributed by atoms with van der Waals surface area (Å²) in [7, 11) is 0. The van der Waals surface area contributed by atoms with Gasteiger partial charge in [-0.25, -0.2) is 4.39 Å². The second-order valence-corrected chi connectivity index (χ2v) is 3.91. The first-order valence-corrected chi connectivity index (χ1v) is 4.77. The Kier molecular flexibility index (Phi) is 2.06. The Morgan fingerprint density at radius 2 is 2.07 bits per heavy atom. The van der Waals surface area contributed by atoms with Crippen LogP contribution in [0.15, 0.2) is 22.8 Å². The van der Waals surface area contributed by atoms with Gasteiger partial charge in [0.1, 0.15) is 11.4 Å². The van der Waals surface area contributed by atoms with E-state index in [1.165, 1.54) is 6.26 Å². The van der Waals surface area contributed by atoms with Crippen molar-refractivity contribution >= 4 is 11.0 Å². The maximum atomic E-state index is 14.0. The van der Waals surface area contributed by atoms with Gasteiger partial charge in [0.05, 0.1) is 11.6 Å². The smallest absolute Gasteiger partial charge is 0.137 e. The third kappa shape index (κ3) is 1.22. The minimum atomic E-state index is -0.135. The summed E-state index contributed by atoms with van der Waals surface area (Å²) in [5.74, 6) is 0.0676. The van der Waals surface area contributed by atoms with Crippen LogP contribution in [0.4, 0.5) is 4.39 Å². The first-order chi connectivity index (χ1) is 6.61. The Balaban J connectivity index is 2.82. The molecular formula is C12H13FO. The maximum absolute atomic E-state index is 14.0. The van der Waals surface area contributed by atoms with E-state index in [2.05, 4.69) is 0 Å². The molecule has 0 aliphatic heterocycles. The number of fused-ring (bicyclic) bond motifs is 1. The summed E-state index contributed by atoms with van der Waals surface area (Å²) in [6.45, 7) is 5.91. The van der Waals surface area contributed by atoms with Gasteiger partial charge in [0.15, 0.2) is 0 Å². The standard InChI is InChI=1S/C12H13FO/c1-7(2)11-8(3)6-10-9(12(11)13)4-5-14-10/h4-7H,1-3H3. The van der Waals surface area contributed by atoms with Crippen molar-refractivity contribution in [1.82, 2.24) is 0 Å². The second kappa shape index (κ2) is 3.12. The van der Waals surface area contributed by atoms with Gasteiger partial charge < -0.3 is 4.42 Å². The van der Waals surface area contributed by atoms with E-state index in [1.807, 2.05) is 26.8 Å². The molecule has 0 fully saturated rings. The number of furan rings is 1. The van der Waals surface area contributed by atoms with Crippen LogP contribution in [0.2, 0.25) is 0 Å². The minimum Gasteiger partial charge on any atom is -0.464 e. The molecule has 1 nitrogen and oxygen atoms in total. The molecule has 0 amide bonds. The summed E-state index contributed by atoms with van der Waals surface area (Å²) in [6, 6.07) is 3.57. The normalized spacial score (nSPS) is 11.5. The van der Waals surface area contributed by atoms with Crippen LogP contribution < -0.4 is 0 Å². The number of halogens is 1. The van der Waals surface area contributed by atoms with Crippen molar-refractivity contribution in [3.8, 4) is 0 Å². The van der Waals surface area contributed by atoms with Gasteiger partial charge in [-0.15, -0.1) is 0 Å². The van der Waals surface area contributed by atoms with Gasteiger partial charge >= 0.3 is 0 Å². The van der Waals surface area contributed by atoms with Gasteiger partial charge in [-0.2, -0.15) is 0 Å². The summed E-state index contributed by atoms with van der Waals surface area (Å²) in [4.78, 5) is 0. The average Bonchev–Trinajstić information content (AvgIpc) is 2.50. The molecule has 1 heterocycles. The Labute approximate surface area is 82.5 Å². The predicted octanol–water partition coefficient (Wildman–Crippen LogP) is 4.00. The third-order valence-electron chi connectivity index (χ3n) is 2.52. The Morgan fingerprint density at radius 1 is 1.36 bits per heavy atom. The average molecular weight is 192 g/mol. The largest absolute Gasteiger partial charge is 0.464 e. The molecule has 0 unspecified atom stereocenters. The van der Waals surface area contributed by atoms with E-state index in [0.29, 0.717) is 11.0 Å². The van der Waals surface area contributed by atoms with Crippen LogP contribution in [0.3, 0.4) is 0 Å². The molecule has 0 radical (unpaired) electrons. The van der Waals surface area contributed by atoms with Gasteiger partial charge in [0, 0.05) is 0 Å². The molecule has 1 aromatic carbocycles. The maximum Gasteiger partial charge on any atom is 0.137 e. The molecule has 0 atom stereocenters. The highest BCUT2D eigenvalue weighted by Gasteiger charge is 2.14. The van der Waals surface area contributed by atoms with Gasteiger partial charge in [-0.05, 0) is 36.1 Å². The van der Waals surface area contributed by atoms with Gasteiger partial charge in [0.2, 0.25) is 0 Å². The number of hydrogen-bond donors (Lipinski definition) is 0. The molecule has 0 saturated carbocycles. The van der Waals surface area contributed by atoms with Crippen LogP contribution in [0.1, 0.15) is 30.9 Å². The topological polar surface area (TPSA) is 13.1 Å². The van der Waals surface area contributed by atoms with Crippen molar-refractivity contribution < 1.29 is 8.81 Å². The van der Waals surface area contributed by atoms with E-state index < -0.39 is 0 Å². The van der Waals surface area contributed by atoms with Crippen molar-refractivity contribution in [2.45, 2.75) is 26.7 Å². The molecule has 0 bridgehead atoms. The van der Waals surface area contributed by atoms with Crippen LogP contribution >= 0.6 is 0 Å². The van der Waals surface area contributed by atoms with Gasteiger partial charge in [-0.3, -0.25) is 0 Å². The minimum absolute atomic E-state index is 0.135. The van der Waals surface area contributed by atoms with Crippen LogP contribution in [-0.4, -0.2) is 0 Å². The van der Waals surface area contributed by atoms with E-state index in [9.17, 15) is 4.39 Å². The molecule has 74 valence electrons. The fraction of sp³-hybridized carbons (Fsp3) is 0.333. The summed E-state index contributed by atoms with van der Waals surface area (Å²) in [5, 5.41) is 0.583. The Bertz CT molecular complexity index is 468. The molecule has 2 rings (SSSR count). The molecule has 0 saturated heterocycles. The Hall–Kier alpha value is -1.31. The second-order valence-electron chi connectivity index (χ2n) is 3.91. The van der Waals surface area contributed by atoms with Crippen LogP contribution in [-0.2, 0) is 0 Å². The number of hydrogen-bond acceptors (Lipinski definition) is 1. The fourth-order valence-corrected chi connectivity index (χ4v) is 1.92. The zero-order chi connectivity index (χ0) is 10.3. The van der Waals surface area contributed by atoms with Crippen molar-refractivity contribution in [2.75, 3.05) is 0 Å². The summed E-state index contributed by atoms with van der Waals surface area (Å²) < 4.78 is 19.1. The van der Waals surface area contributed by atoms with Crippen molar-refractivity contribution in [2.24, 2.45) is 0 Å². The summed E-state index contributed by atoms with van der Waals surface area (Å²) in [6.07, 6.45) is 1.53. The van der Waals surface area contributed by atoms with Gasteiger partial charge in [0.25, 0.3) is 0 Å². The lowest BCUT2D eigenvalue weighted by Crippen LogP contribution is -1.97. The van der Waals surface area contributed by atoms with E-state index >= 15 is 0 Å².